The molecule has 1 aromatic heterocycles. The van der Waals surface area contributed by atoms with Crippen LogP contribution in [0.5, 0.6) is 0 Å². The van der Waals surface area contributed by atoms with Crippen LogP contribution < -0.4 is 11.1 Å². The number of hydrogen-bond donors (Lipinski definition) is 2. The molecule has 4 nitrogen and oxygen atoms in total. The topological polar surface area (TPSA) is 68.3 Å². The molecule has 1 heterocycles. The average Bonchev–Trinajstić information content (AvgIpc) is 2.96. The highest BCUT2D eigenvalue weighted by molar-refractivity contribution is 5.79. The number of nitrogens with one attached hydrogen (secondary N) is 1. The average molecular weight is 250 g/mol. The third kappa shape index (κ3) is 2.75. The SMILES string of the molecule is Cc1ccc(C(C)NC(=O)C2CCCC2CN)o1. The summed E-state index contributed by atoms with van der Waals surface area (Å²) in [6, 6.07) is 3.75. The van der Waals surface area contributed by atoms with Gasteiger partial charge in [-0.05, 0) is 51.3 Å². The molecule has 3 atom stereocenters. The molecule has 2 rings (SSSR count). The van der Waals surface area contributed by atoms with Crippen LogP contribution in [0.25, 0.3) is 0 Å². The fourth-order valence-corrected chi connectivity index (χ4v) is 2.74. The molecule has 1 aliphatic carbocycles. The van der Waals surface area contributed by atoms with E-state index in [1.807, 2.05) is 26.0 Å². The summed E-state index contributed by atoms with van der Waals surface area (Å²) in [6.07, 6.45) is 3.13. The van der Waals surface area contributed by atoms with Crippen LogP contribution in [-0.2, 0) is 4.79 Å². The maximum Gasteiger partial charge on any atom is 0.224 e. The van der Waals surface area contributed by atoms with Crippen molar-refractivity contribution in [3.05, 3.63) is 23.7 Å². The Bertz CT molecular complexity index is 414. The van der Waals surface area contributed by atoms with E-state index in [2.05, 4.69) is 5.32 Å². The molecule has 0 radical (unpaired) electrons. The van der Waals surface area contributed by atoms with Gasteiger partial charge in [0.05, 0.1) is 6.04 Å². The molecule has 1 aliphatic rings. The Morgan fingerprint density at radius 3 is 2.94 bits per heavy atom. The number of rotatable bonds is 4. The Labute approximate surface area is 108 Å². The number of aryl methyl sites for hydroxylation is 1. The van der Waals surface area contributed by atoms with Gasteiger partial charge in [-0.1, -0.05) is 6.42 Å². The molecule has 1 saturated carbocycles. The van der Waals surface area contributed by atoms with Gasteiger partial charge in [0, 0.05) is 5.92 Å². The first-order valence-corrected chi connectivity index (χ1v) is 6.68. The van der Waals surface area contributed by atoms with E-state index in [9.17, 15) is 4.79 Å². The number of nitrogens with two attached hydrogens (primary N) is 1. The Morgan fingerprint density at radius 2 is 2.33 bits per heavy atom. The molecule has 3 unspecified atom stereocenters. The van der Waals surface area contributed by atoms with Gasteiger partial charge < -0.3 is 15.5 Å². The van der Waals surface area contributed by atoms with Gasteiger partial charge in [-0.25, -0.2) is 0 Å². The van der Waals surface area contributed by atoms with Crippen molar-refractivity contribution in [3.63, 3.8) is 0 Å². The maximum absolute atomic E-state index is 12.2. The summed E-state index contributed by atoms with van der Waals surface area (Å²) in [7, 11) is 0. The molecule has 1 aromatic rings. The van der Waals surface area contributed by atoms with Crippen molar-refractivity contribution in [1.29, 1.82) is 0 Å². The van der Waals surface area contributed by atoms with E-state index in [0.29, 0.717) is 12.5 Å². The quantitative estimate of drug-likeness (QED) is 0.860. The predicted octanol–water partition coefficient (Wildman–Crippen LogP) is 2.14. The van der Waals surface area contributed by atoms with Crippen LogP contribution in [0.15, 0.2) is 16.5 Å². The summed E-state index contributed by atoms with van der Waals surface area (Å²) >= 11 is 0. The second-order valence-electron chi connectivity index (χ2n) is 5.21. The van der Waals surface area contributed by atoms with Crippen LogP contribution in [-0.4, -0.2) is 12.5 Å². The molecule has 0 aliphatic heterocycles. The number of carbonyl (C=O) groups is 1. The Kier molecular flexibility index (Phi) is 4.07. The summed E-state index contributed by atoms with van der Waals surface area (Å²) in [6.45, 7) is 4.45. The second-order valence-corrected chi connectivity index (χ2v) is 5.21. The van der Waals surface area contributed by atoms with E-state index in [1.165, 1.54) is 0 Å². The molecule has 18 heavy (non-hydrogen) atoms. The van der Waals surface area contributed by atoms with Crippen molar-refractivity contribution in [2.75, 3.05) is 6.54 Å². The molecular weight excluding hydrogens is 228 g/mol. The van der Waals surface area contributed by atoms with Gasteiger partial charge in [-0.3, -0.25) is 4.79 Å². The summed E-state index contributed by atoms with van der Waals surface area (Å²) in [5.74, 6) is 2.21. The van der Waals surface area contributed by atoms with E-state index >= 15 is 0 Å². The highest BCUT2D eigenvalue weighted by Gasteiger charge is 2.32. The van der Waals surface area contributed by atoms with Gasteiger partial charge in [-0.2, -0.15) is 0 Å². The van der Waals surface area contributed by atoms with Crippen molar-refractivity contribution in [3.8, 4) is 0 Å². The molecule has 4 heteroatoms. The molecule has 0 aromatic carbocycles. The number of furan rings is 1. The summed E-state index contributed by atoms with van der Waals surface area (Å²) < 4.78 is 5.52. The van der Waals surface area contributed by atoms with Crippen molar-refractivity contribution in [2.45, 2.75) is 39.2 Å². The van der Waals surface area contributed by atoms with E-state index in [1.54, 1.807) is 0 Å². The summed E-state index contributed by atoms with van der Waals surface area (Å²) in [5.41, 5.74) is 5.71. The summed E-state index contributed by atoms with van der Waals surface area (Å²) in [4.78, 5) is 12.2. The first kappa shape index (κ1) is 13.1. The zero-order chi connectivity index (χ0) is 13.1. The Balaban J connectivity index is 1.94. The number of amides is 1. The van der Waals surface area contributed by atoms with Crippen LogP contribution in [0.2, 0.25) is 0 Å². The van der Waals surface area contributed by atoms with Gasteiger partial charge >= 0.3 is 0 Å². The van der Waals surface area contributed by atoms with Gasteiger partial charge in [0.2, 0.25) is 5.91 Å². The molecule has 0 spiro atoms. The predicted molar refractivity (Wildman–Crippen MR) is 69.9 cm³/mol. The number of carbonyl (C=O) groups excluding carboxylic acids is 1. The van der Waals surface area contributed by atoms with Crippen molar-refractivity contribution >= 4 is 5.91 Å². The zero-order valence-corrected chi connectivity index (χ0v) is 11.1. The van der Waals surface area contributed by atoms with Gasteiger partial charge in [0.15, 0.2) is 0 Å². The van der Waals surface area contributed by atoms with Crippen LogP contribution >= 0.6 is 0 Å². The molecule has 1 fully saturated rings. The van der Waals surface area contributed by atoms with Crippen molar-refractivity contribution < 1.29 is 9.21 Å². The minimum atomic E-state index is -0.0785. The third-order valence-electron chi connectivity index (χ3n) is 3.85. The maximum atomic E-state index is 12.2. The standard InChI is InChI=1S/C14H22N2O2/c1-9-6-7-13(18-9)10(2)16-14(17)12-5-3-4-11(12)8-15/h6-7,10-12H,3-5,8,15H2,1-2H3,(H,16,17). The fraction of sp³-hybridized carbons (Fsp3) is 0.643. The highest BCUT2D eigenvalue weighted by Crippen LogP contribution is 2.31. The van der Waals surface area contributed by atoms with E-state index in [4.69, 9.17) is 10.2 Å². The zero-order valence-electron chi connectivity index (χ0n) is 11.1. The van der Waals surface area contributed by atoms with E-state index < -0.39 is 0 Å². The van der Waals surface area contributed by atoms with Crippen LogP contribution in [0, 0.1) is 18.8 Å². The van der Waals surface area contributed by atoms with Crippen LogP contribution in [0.3, 0.4) is 0 Å². The lowest BCUT2D eigenvalue weighted by Gasteiger charge is -2.20. The first-order chi connectivity index (χ1) is 8.61. The molecular formula is C14H22N2O2. The number of hydrogen-bond acceptors (Lipinski definition) is 3. The highest BCUT2D eigenvalue weighted by atomic mass is 16.3. The molecule has 100 valence electrons. The van der Waals surface area contributed by atoms with Gasteiger partial charge in [-0.15, -0.1) is 0 Å². The minimum absolute atomic E-state index is 0.0773. The smallest absolute Gasteiger partial charge is 0.224 e. The monoisotopic (exact) mass is 250 g/mol. The Hall–Kier alpha value is -1.29. The summed E-state index contributed by atoms with van der Waals surface area (Å²) in [5, 5.41) is 3.03. The second kappa shape index (κ2) is 5.57. The Morgan fingerprint density at radius 1 is 1.56 bits per heavy atom. The van der Waals surface area contributed by atoms with Crippen molar-refractivity contribution in [1.82, 2.24) is 5.32 Å². The largest absolute Gasteiger partial charge is 0.464 e. The van der Waals surface area contributed by atoms with Crippen molar-refractivity contribution in [2.24, 2.45) is 17.6 Å². The third-order valence-corrected chi connectivity index (χ3v) is 3.85. The van der Waals surface area contributed by atoms with Crippen LogP contribution in [0.4, 0.5) is 0 Å². The van der Waals surface area contributed by atoms with Gasteiger partial charge in [0.25, 0.3) is 0 Å². The lowest BCUT2D eigenvalue weighted by Crippen LogP contribution is -2.36. The molecule has 1 amide bonds. The van der Waals surface area contributed by atoms with E-state index in [0.717, 1.165) is 30.8 Å². The lowest BCUT2D eigenvalue weighted by atomic mass is 9.95. The fourth-order valence-electron chi connectivity index (χ4n) is 2.74. The lowest BCUT2D eigenvalue weighted by molar-refractivity contribution is -0.126. The van der Waals surface area contributed by atoms with Crippen LogP contribution in [0.1, 0.15) is 43.7 Å². The molecule has 3 N–H and O–H groups in total. The molecule has 0 bridgehead atoms. The van der Waals surface area contributed by atoms with Gasteiger partial charge in [0.1, 0.15) is 11.5 Å². The minimum Gasteiger partial charge on any atom is -0.464 e. The molecule has 0 saturated heterocycles. The normalized spacial score (nSPS) is 25.1. The van der Waals surface area contributed by atoms with E-state index in [-0.39, 0.29) is 17.9 Å². The first-order valence-electron chi connectivity index (χ1n) is 6.68.